The number of pyridine rings is 2. The number of aromatic nitrogens is 2. The van der Waals surface area contributed by atoms with Crippen LogP contribution in [0.15, 0.2) is 103 Å². The maximum atomic E-state index is 13.8. The highest BCUT2D eigenvalue weighted by atomic mass is 16.1. The lowest BCUT2D eigenvalue weighted by Crippen LogP contribution is -2.34. The lowest BCUT2D eigenvalue weighted by atomic mass is 9.66. The third-order valence-electron chi connectivity index (χ3n) is 7.24. The molecule has 3 aromatic carbocycles. The first-order chi connectivity index (χ1) is 17.4. The number of aryl methyl sites for hydroxylation is 1. The number of rotatable bonds is 3. The zero-order valence-corrected chi connectivity index (χ0v) is 20.6. The van der Waals surface area contributed by atoms with Crippen LogP contribution in [0, 0.1) is 6.92 Å². The minimum Gasteiger partial charge on any atom is -0.293 e. The fraction of sp³-hybridized carbons (Fsp3) is 0.121. The summed E-state index contributed by atoms with van der Waals surface area (Å²) in [6.07, 6.45) is 3.64. The van der Waals surface area contributed by atoms with E-state index in [2.05, 4.69) is 53.3 Å². The Labute approximate surface area is 211 Å². The molecule has 3 nitrogen and oxygen atoms in total. The number of carbonyl (C=O) groups excluding carboxylic acids is 1. The smallest absolute Gasteiger partial charge is 0.173 e. The molecular formula is C33H26N2O. The number of nitrogens with zero attached hydrogens (tertiary/aromatic N) is 2. The van der Waals surface area contributed by atoms with Crippen LogP contribution in [-0.2, 0) is 5.41 Å². The molecule has 2 aromatic heterocycles. The second-order valence-corrected chi connectivity index (χ2v) is 9.91. The summed E-state index contributed by atoms with van der Waals surface area (Å²) in [5.41, 5.74) is 10.5. The van der Waals surface area contributed by atoms with Crippen LogP contribution in [0.1, 0.15) is 35.3 Å². The molecule has 0 fully saturated rings. The number of benzene rings is 3. The SMILES string of the molecule is Cc1ccc(-c2ccccn2)cc1-c1cc(-c2ccccn2)cc2c1C(C)(C)C(=O)c1ccccc1-2. The predicted octanol–water partition coefficient (Wildman–Crippen LogP) is 7.93. The summed E-state index contributed by atoms with van der Waals surface area (Å²) in [6.45, 7) is 6.22. The van der Waals surface area contributed by atoms with Crippen LogP contribution >= 0.6 is 0 Å². The number of Topliss-reactive ketones (excluding diaryl/α,β-unsaturated/α-hetero) is 1. The first-order valence-corrected chi connectivity index (χ1v) is 12.2. The molecule has 0 aliphatic heterocycles. The Morgan fingerprint density at radius 1 is 0.583 bits per heavy atom. The molecule has 1 aliphatic carbocycles. The minimum atomic E-state index is -0.685. The van der Waals surface area contributed by atoms with Crippen molar-refractivity contribution in [3.8, 4) is 44.8 Å². The van der Waals surface area contributed by atoms with Crippen LogP contribution in [0.4, 0.5) is 0 Å². The summed E-state index contributed by atoms with van der Waals surface area (Å²) in [4.78, 5) is 23.0. The van der Waals surface area contributed by atoms with Crippen molar-refractivity contribution in [2.24, 2.45) is 0 Å². The highest BCUT2D eigenvalue weighted by molar-refractivity contribution is 6.14. The van der Waals surface area contributed by atoms with E-state index >= 15 is 0 Å². The molecule has 0 bridgehead atoms. The van der Waals surface area contributed by atoms with Crippen LogP contribution in [0.2, 0.25) is 0 Å². The molecule has 0 N–H and O–H groups in total. The molecule has 0 unspecified atom stereocenters. The van der Waals surface area contributed by atoms with Gasteiger partial charge < -0.3 is 0 Å². The molecule has 0 spiro atoms. The van der Waals surface area contributed by atoms with E-state index in [1.807, 2.05) is 80.8 Å². The van der Waals surface area contributed by atoms with Crippen LogP contribution in [0.5, 0.6) is 0 Å². The molecule has 6 rings (SSSR count). The Kier molecular flexibility index (Phi) is 5.15. The topological polar surface area (TPSA) is 42.9 Å². The van der Waals surface area contributed by atoms with Crippen LogP contribution in [-0.4, -0.2) is 15.8 Å². The number of hydrogen-bond acceptors (Lipinski definition) is 3. The second-order valence-electron chi connectivity index (χ2n) is 9.91. The van der Waals surface area contributed by atoms with Gasteiger partial charge in [0.1, 0.15) is 0 Å². The van der Waals surface area contributed by atoms with E-state index in [1.54, 1.807) is 0 Å². The van der Waals surface area contributed by atoms with Gasteiger partial charge >= 0.3 is 0 Å². The molecule has 0 saturated carbocycles. The van der Waals surface area contributed by atoms with Gasteiger partial charge in [-0.1, -0.05) is 48.5 Å². The van der Waals surface area contributed by atoms with Crippen LogP contribution < -0.4 is 0 Å². The van der Waals surface area contributed by atoms with E-state index in [0.717, 1.165) is 61.5 Å². The Bertz CT molecular complexity index is 1620. The molecule has 0 radical (unpaired) electrons. The monoisotopic (exact) mass is 466 g/mol. The van der Waals surface area contributed by atoms with Crippen molar-refractivity contribution in [3.63, 3.8) is 0 Å². The standard InChI is InChI=1S/C33H26N2O/c1-21-14-15-22(29-12-6-8-16-34-29)18-26(21)28-20-23(30-13-7-9-17-35-30)19-27-24-10-4-5-11-25(24)32(36)33(2,3)31(27)28/h4-20H,1-3H3. The largest absolute Gasteiger partial charge is 0.293 e. The van der Waals surface area contributed by atoms with Gasteiger partial charge in [0.15, 0.2) is 5.78 Å². The second kappa shape index (κ2) is 8.39. The summed E-state index contributed by atoms with van der Waals surface area (Å²) in [6, 6.07) is 30.8. The van der Waals surface area contributed by atoms with Gasteiger partial charge in [-0.25, -0.2) is 0 Å². The lowest BCUT2D eigenvalue weighted by Gasteiger charge is -2.35. The fourth-order valence-electron chi connectivity index (χ4n) is 5.39. The van der Waals surface area contributed by atoms with Crippen molar-refractivity contribution >= 4 is 5.78 Å². The van der Waals surface area contributed by atoms with Crippen LogP contribution in [0.3, 0.4) is 0 Å². The Balaban J connectivity index is 1.71. The van der Waals surface area contributed by atoms with Gasteiger partial charge in [0.05, 0.1) is 16.8 Å². The first-order valence-electron chi connectivity index (χ1n) is 12.2. The Morgan fingerprint density at radius 2 is 1.14 bits per heavy atom. The van der Waals surface area contributed by atoms with Gasteiger partial charge in [0.2, 0.25) is 0 Å². The summed E-state index contributed by atoms with van der Waals surface area (Å²) in [7, 11) is 0. The van der Waals surface area contributed by atoms with Gasteiger partial charge in [0.25, 0.3) is 0 Å². The number of carbonyl (C=O) groups is 1. The molecule has 0 saturated heterocycles. The Hall–Kier alpha value is -4.37. The maximum absolute atomic E-state index is 13.8. The fourth-order valence-corrected chi connectivity index (χ4v) is 5.39. The first kappa shape index (κ1) is 22.1. The maximum Gasteiger partial charge on any atom is 0.173 e. The van der Waals surface area contributed by atoms with Crippen molar-refractivity contribution in [2.45, 2.75) is 26.2 Å². The third-order valence-corrected chi connectivity index (χ3v) is 7.24. The van der Waals surface area contributed by atoms with Gasteiger partial charge in [-0.3, -0.25) is 14.8 Å². The highest BCUT2D eigenvalue weighted by Gasteiger charge is 2.41. The van der Waals surface area contributed by atoms with Crippen molar-refractivity contribution in [3.05, 3.63) is 120 Å². The molecule has 3 heteroatoms. The van der Waals surface area contributed by atoms with Gasteiger partial charge in [-0.2, -0.15) is 0 Å². The highest BCUT2D eigenvalue weighted by Crippen LogP contribution is 2.49. The average molecular weight is 467 g/mol. The zero-order chi connectivity index (χ0) is 24.9. The molecule has 36 heavy (non-hydrogen) atoms. The molecule has 0 atom stereocenters. The molecular weight excluding hydrogens is 440 g/mol. The van der Waals surface area contributed by atoms with Crippen molar-refractivity contribution < 1.29 is 4.79 Å². The third kappa shape index (κ3) is 3.47. The van der Waals surface area contributed by atoms with E-state index < -0.39 is 5.41 Å². The lowest BCUT2D eigenvalue weighted by molar-refractivity contribution is 0.0907. The summed E-state index contributed by atoms with van der Waals surface area (Å²) in [5.74, 6) is 0.149. The Morgan fingerprint density at radius 3 is 1.78 bits per heavy atom. The van der Waals surface area contributed by atoms with Crippen molar-refractivity contribution in [1.29, 1.82) is 0 Å². The van der Waals surface area contributed by atoms with Gasteiger partial charge in [-0.15, -0.1) is 0 Å². The summed E-state index contributed by atoms with van der Waals surface area (Å²) >= 11 is 0. The van der Waals surface area contributed by atoms with E-state index in [1.165, 1.54) is 0 Å². The average Bonchev–Trinajstić information content (AvgIpc) is 2.92. The van der Waals surface area contributed by atoms with E-state index in [0.29, 0.717) is 0 Å². The molecule has 1 aliphatic rings. The van der Waals surface area contributed by atoms with Gasteiger partial charge in [-0.05, 0) is 96.6 Å². The predicted molar refractivity (Wildman–Crippen MR) is 146 cm³/mol. The van der Waals surface area contributed by atoms with Crippen molar-refractivity contribution in [1.82, 2.24) is 9.97 Å². The minimum absolute atomic E-state index is 0.149. The van der Waals surface area contributed by atoms with E-state index in [-0.39, 0.29) is 5.78 Å². The summed E-state index contributed by atoms with van der Waals surface area (Å²) < 4.78 is 0. The molecule has 2 heterocycles. The quantitative estimate of drug-likeness (QED) is 0.271. The summed E-state index contributed by atoms with van der Waals surface area (Å²) in [5, 5.41) is 0. The van der Waals surface area contributed by atoms with Crippen LogP contribution in [0.25, 0.3) is 44.8 Å². The number of ketones is 1. The number of hydrogen-bond donors (Lipinski definition) is 0. The van der Waals surface area contributed by atoms with Gasteiger partial charge in [0, 0.05) is 29.1 Å². The van der Waals surface area contributed by atoms with Crippen molar-refractivity contribution in [2.75, 3.05) is 0 Å². The number of fused-ring (bicyclic) bond motifs is 3. The molecule has 174 valence electrons. The normalized spacial score (nSPS) is 13.7. The van der Waals surface area contributed by atoms with E-state index in [9.17, 15) is 4.79 Å². The molecule has 5 aromatic rings. The van der Waals surface area contributed by atoms with E-state index in [4.69, 9.17) is 0 Å². The molecule has 0 amide bonds. The zero-order valence-electron chi connectivity index (χ0n) is 20.6.